The molecule has 2 N–H and O–H groups in total. The number of methoxy groups -OCH3 is 1. The van der Waals surface area contributed by atoms with Gasteiger partial charge in [-0.05, 0) is 24.6 Å². The standard InChI is InChI=1S/C11H14F3NO2/c1-7(15)8-3-4-9(10(5-8)16-2)17-6-11(12,13)14/h3-5,7H,6,15H2,1-2H3. The fraction of sp³-hybridized carbons (Fsp3) is 0.455. The van der Waals surface area contributed by atoms with Gasteiger partial charge >= 0.3 is 6.18 Å². The molecule has 1 aromatic rings. The number of hydrogen-bond donors (Lipinski definition) is 1. The van der Waals surface area contributed by atoms with Gasteiger partial charge in [0.25, 0.3) is 0 Å². The third kappa shape index (κ3) is 4.14. The van der Waals surface area contributed by atoms with Crippen molar-refractivity contribution < 1.29 is 22.6 Å². The number of hydrogen-bond acceptors (Lipinski definition) is 3. The van der Waals surface area contributed by atoms with Crippen molar-refractivity contribution in [2.75, 3.05) is 13.7 Å². The highest BCUT2D eigenvalue weighted by molar-refractivity contribution is 5.43. The van der Waals surface area contributed by atoms with Crippen LogP contribution in [0.15, 0.2) is 18.2 Å². The van der Waals surface area contributed by atoms with Crippen LogP contribution in [0.2, 0.25) is 0 Å². The van der Waals surface area contributed by atoms with Crippen LogP contribution in [0.5, 0.6) is 11.5 Å². The van der Waals surface area contributed by atoms with E-state index in [4.69, 9.17) is 10.5 Å². The molecule has 0 aliphatic heterocycles. The lowest BCUT2D eigenvalue weighted by Crippen LogP contribution is -2.19. The van der Waals surface area contributed by atoms with Crippen LogP contribution in [-0.2, 0) is 0 Å². The first-order valence-corrected chi connectivity index (χ1v) is 4.96. The molecule has 0 aromatic heterocycles. The van der Waals surface area contributed by atoms with Crippen molar-refractivity contribution in [3.63, 3.8) is 0 Å². The van der Waals surface area contributed by atoms with Gasteiger partial charge < -0.3 is 15.2 Å². The molecule has 0 aliphatic rings. The summed E-state index contributed by atoms with van der Waals surface area (Å²) in [5, 5.41) is 0. The van der Waals surface area contributed by atoms with E-state index in [1.54, 1.807) is 19.1 Å². The Labute approximate surface area is 97.3 Å². The zero-order valence-corrected chi connectivity index (χ0v) is 9.54. The summed E-state index contributed by atoms with van der Waals surface area (Å²) >= 11 is 0. The lowest BCUT2D eigenvalue weighted by atomic mass is 10.1. The maximum atomic E-state index is 12.0. The molecule has 17 heavy (non-hydrogen) atoms. The molecule has 1 rings (SSSR count). The Morgan fingerprint density at radius 3 is 2.41 bits per heavy atom. The fourth-order valence-electron chi connectivity index (χ4n) is 1.25. The van der Waals surface area contributed by atoms with Gasteiger partial charge in [-0.2, -0.15) is 13.2 Å². The molecule has 3 nitrogen and oxygen atoms in total. The second-order valence-electron chi connectivity index (χ2n) is 3.60. The molecular formula is C11H14F3NO2. The lowest BCUT2D eigenvalue weighted by molar-refractivity contribution is -0.153. The van der Waals surface area contributed by atoms with Gasteiger partial charge in [0.15, 0.2) is 18.1 Å². The van der Waals surface area contributed by atoms with E-state index in [9.17, 15) is 13.2 Å². The number of benzene rings is 1. The van der Waals surface area contributed by atoms with Crippen molar-refractivity contribution in [2.45, 2.75) is 19.1 Å². The Morgan fingerprint density at radius 2 is 1.94 bits per heavy atom. The second kappa shape index (κ2) is 5.27. The Morgan fingerprint density at radius 1 is 1.29 bits per heavy atom. The first-order valence-electron chi connectivity index (χ1n) is 4.96. The van der Waals surface area contributed by atoms with Gasteiger partial charge in [0.05, 0.1) is 7.11 Å². The van der Waals surface area contributed by atoms with E-state index >= 15 is 0 Å². The minimum Gasteiger partial charge on any atom is -0.493 e. The molecule has 0 saturated carbocycles. The molecule has 0 aliphatic carbocycles. The zero-order chi connectivity index (χ0) is 13.1. The second-order valence-corrected chi connectivity index (χ2v) is 3.60. The van der Waals surface area contributed by atoms with E-state index in [0.717, 1.165) is 5.56 Å². The molecule has 96 valence electrons. The molecule has 6 heteroatoms. The topological polar surface area (TPSA) is 44.5 Å². The number of alkyl halides is 3. The summed E-state index contributed by atoms with van der Waals surface area (Å²) in [4.78, 5) is 0. The van der Waals surface area contributed by atoms with Crippen molar-refractivity contribution in [3.05, 3.63) is 23.8 Å². The normalized spacial score (nSPS) is 13.3. The van der Waals surface area contributed by atoms with Crippen molar-refractivity contribution >= 4 is 0 Å². The van der Waals surface area contributed by atoms with E-state index in [-0.39, 0.29) is 17.5 Å². The molecular weight excluding hydrogens is 235 g/mol. The molecule has 0 fully saturated rings. The minimum absolute atomic E-state index is 0.0502. The van der Waals surface area contributed by atoms with E-state index in [1.807, 2.05) is 0 Å². The first kappa shape index (κ1) is 13.6. The van der Waals surface area contributed by atoms with Crippen LogP contribution < -0.4 is 15.2 Å². The van der Waals surface area contributed by atoms with Crippen LogP contribution >= 0.6 is 0 Å². The van der Waals surface area contributed by atoms with Gasteiger partial charge in [-0.1, -0.05) is 6.07 Å². The van der Waals surface area contributed by atoms with Crippen molar-refractivity contribution in [1.29, 1.82) is 0 Å². The summed E-state index contributed by atoms with van der Waals surface area (Å²) in [5.41, 5.74) is 6.42. The van der Waals surface area contributed by atoms with Crippen molar-refractivity contribution in [3.8, 4) is 11.5 Å². The van der Waals surface area contributed by atoms with Gasteiger partial charge in [0.1, 0.15) is 0 Å². The smallest absolute Gasteiger partial charge is 0.422 e. The Bertz CT molecular complexity index is 377. The number of ether oxygens (including phenoxy) is 2. The molecule has 0 saturated heterocycles. The van der Waals surface area contributed by atoms with Crippen molar-refractivity contribution in [2.24, 2.45) is 5.73 Å². The molecule has 0 spiro atoms. The van der Waals surface area contributed by atoms with Gasteiger partial charge in [0.2, 0.25) is 0 Å². The summed E-state index contributed by atoms with van der Waals surface area (Å²) in [6.45, 7) is 0.423. The average Bonchev–Trinajstić information content (AvgIpc) is 2.24. The highest BCUT2D eigenvalue weighted by Crippen LogP contribution is 2.31. The maximum Gasteiger partial charge on any atom is 0.422 e. The summed E-state index contributed by atoms with van der Waals surface area (Å²) in [6.07, 6.45) is -4.37. The Kier molecular flexibility index (Phi) is 4.22. The number of rotatable bonds is 4. The minimum atomic E-state index is -4.37. The third-order valence-electron chi connectivity index (χ3n) is 2.10. The SMILES string of the molecule is COc1cc(C(C)N)ccc1OCC(F)(F)F. The van der Waals surface area contributed by atoms with Crippen molar-refractivity contribution in [1.82, 2.24) is 0 Å². The molecule has 1 atom stereocenters. The van der Waals surface area contributed by atoms with Gasteiger partial charge in [0, 0.05) is 6.04 Å². The molecule has 1 aromatic carbocycles. The van der Waals surface area contributed by atoms with Crippen LogP contribution in [0.1, 0.15) is 18.5 Å². The van der Waals surface area contributed by atoms with Gasteiger partial charge in [-0.15, -0.1) is 0 Å². The predicted octanol–water partition coefficient (Wildman–Crippen LogP) is 2.66. The molecule has 1 unspecified atom stereocenters. The van der Waals surface area contributed by atoms with Gasteiger partial charge in [-0.25, -0.2) is 0 Å². The highest BCUT2D eigenvalue weighted by atomic mass is 19.4. The first-order chi connectivity index (χ1) is 7.83. The third-order valence-corrected chi connectivity index (χ3v) is 2.10. The fourth-order valence-corrected chi connectivity index (χ4v) is 1.25. The van der Waals surface area contributed by atoms with Crippen LogP contribution in [-0.4, -0.2) is 19.9 Å². The molecule has 0 radical (unpaired) electrons. The predicted molar refractivity (Wildman–Crippen MR) is 57.1 cm³/mol. The maximum absolute atomic E-state index is 12.0. The van der Waals surface area contributed by atoms with Crippen LogP contribution in [0.3, 0.4) is 0 Å². The Balaban J connectivity index is 2.86. The Hall–Kier alpha value is -1.43. The summed E-state index contributed by atoms with van der Waals surface area (Å²) in [7, 11) is 1.36. The lowest BCUT2D eigenvalue weighted by Gasteiger charge is -2.14. The van der Waals surface area contributed by atoms with Crippen LogP contribution in [0, 0.1) is 0 Å². The summed E-state index contributed by atoms with van der Waals surface area (Å²) < 4.78 is 45.6. The average molecular weight is 249 g/mol. The zero-order valence-electron chi connectivity index (χ0n) is 9.54. The van der Waals surface area contributed by atoms with E-state index < -0.39 is 12.8 Å². The monoisotopic (exact) mass is 249 g/mol. The largest absolute Gasteiger partial charge is 0.493 e. The van der Waals surface area contributed by atoms with Crippen LogP contribution in [0.4, 0.5) is 13.2 Å². The quantitative estimate of drug-likeness (QED) is 0.892. The van der Waals surface area contributed by atoms with E-state index in [0.29, 0.717) is 0 Å². The number of halogens is 3. The summed E-state index contributed by atoms with van der Waals surface area (Å²) in [6, 6.07) is 4.37. The number of nitrogens with two attached hydrogens (primary N) is 1. The molecule has 0 bridgehead atoms. The summed E-state index contributed by atoms with van der Waals surface area (Å²) in [5.74, 6) is 0.290. The molecule has 0 amide bonds. The van der Waals surface area contributed by atoms with Crippen LogP contribution in [0.25, 0.3) is 0 Å². The van der Waals surface area contributed by atoms with Gasteiger partial charge in [-0.3, -0.25) is 0 Å². The van der Waals surface area contributed by atoms with E-state index in [2.05, 4.69) is 4.74 Å². The van der Waals surface area contributed by atoms with E-state index in [1.165, 1.54) is 13.2 Å². The molecule has 0 heterocycles. The highest BCUT2D eigenvalue weighted by Gasteiger charge is 2.29.